The number of amides is 1. The van der Waals surface area contributed by atoms with Crippen LogP contribution < -0.4 is 0 Å². The average molecular weight is 360 g/mol. The van der Waals surface area contributed by atoms with Gasteiger partial charge in [-0.25, -0.2) is 4.68 Å². The van der Waals surface area contributed by atoms with E-state index in [1.165, 1.54) is 0 Å². The first-order valence-corrected chi connectivity index (χ1v) is 9.71. The molecule has 1 N–H and O–H groups in total. The number of thioether (sulfide) groups is 1. The monoisotopic (exact) mass is 360 g/mol. The fourth-order valence-electron chi connectivity index (χ4n) is 3.03. The molecule has 3 rings (SSSR count). The van der Waals surface area contributed by atoms with Gasteiger partial charge in [-0.2, -0.15) is 11.8 Å². The zero-order valence-corrected chi connectivity index (χ0v) is 15.2. The Morgan fingerprint density at radius 3 is 2.96 bits per heavy atom. The number of aromatic nitrogens is 3. The Hall–Kier alpha value is -1.86. The molecule has 1 amide bonds. The summed E-state index contributed by atoms with van der Waals surface area (Å²) in [7, 11) is 1.81. The summed E-state index contributed by atoms with van der Waals surface area (Å²) in [5.74, 6) is 2.31. The van der Waals surface area contributed by atoms with E-state index in [9.17, 15) is 9.90 Å². The predicted octanol–water partition coefficient (Wildman–Crippen LogP) is 1.59. The van der Waals surface area contributed by atoms with Gasteiger partial charge >= 0.3 is 0 Å². The quantitative estimate of drug-likeness (QED) is 0.812. The highest BCUT2D eigenvalue weighted by molar-refractivity contribution is 7.99. The van der Waals surface area contributed by atoms with Crippen molar-refractivity contribution in [1.82, 2.24) is 19.9 Å². The standard InChI is InChI=1S/C18H24N4O2S/c1-21(18(24)15-7-8-25-13-15)10-16-11-22(20-19-16)12-17(23)9-14-5-3-2-4-6-14/h2-6,11,15,17,23H,7-10,12-13H2,1H3/t15?,17-/m1/s1. The van der Waals surface area contributed by atoms with Gasteiger partial charge in [0.05, 0.1) is 25.4 Å². The average Bonchev–Trinajstić information content (AvgIpc) is 3.27. The van der Waals surface area contributed by atoms with Gasteiger partial charge in [0, 0.05) is 25.1 Å². The zero-order chi connectivity index (χ0) is 17.6. The van der Waals surface area contributed by atoms with Crippen molar-refractivity contribution in [1.29, 1.82) is 0 Å². The molecular weight excluding hydrogens is 336 g/mol. The van der Waals surface area contributed by atoms with Crippen LogP contribution in [0.1, 0.15) is 17.7 Å². The van der Waals surface area contributed by atoms with E-state index in [2.05, 4.69) is 10.3 Å². The molecule has 0 radical (unpaired) electrons. The van der Waals surface area contributed by atoms with Crippen LogP contribution in [0.15, 0.2) is 36.5 Å². The third kappa shape index (κ3) is 5.06. The largest absolute Gasteiger partial charge is 0.391 e. The summed E-state index contributed by atoms with van der Waals surface area (Å²) in [6.45, 7) is 0.841. The van der Waals surface area contributed by atoms with Crippen molar-refractivity contribution in [2.24, 2.45) is 5.92 Å². The number of hydrogen-bond donors (Lipinski definition) is 1. The number of nitrogens with zero attached hydrogens (tertiary/aromatic N) is 4. The molecule has 1 aliphatic heterocycles. The fourth-order valence-corrected chi connectivity index (χ4v) is 4.24. The normalized spacial score (nSPS) is 18.2. The molecule has 1 aliphatic rings. The van der Waals surface area contributed by atoms with Crippen LogP contribution >= 0.6 is 11.8 Å². The van der Waals surface area contributed by atoms with Gasteiger partial charge in [0.15, 0.2) is 0 Å². The Labute approximate surface area is 152 Å². The minimum atomic E-state index is -0.521. The number of aliphatic hydroxyl groups excluding tert-OH is 1. The maximum absolute atomic E-state index is 12.4. The Bertz CT molecular complexity index is 685. The van der Waals surface area contributed by atoms with Gasteiger partial charge < -0.3 is 10.0 Å². The van der Waals surface area contributed by atoms with Crippen molar-refractivity contribution in [2.75, 3.05) is 18.6 Å². The van der Waals surface area contributed by atoms with Gasteiger partial charge in [0.1, 0.15) is 5.69 Å². The SMILES string of the molecule is CN(Cc1cn(C[C@H](O)Cc2ccccc2)nn1)C(=O)C1CCSC1. The Morgan fingerprint density at radius 1 is 1.44 bits per heavy atom. The highest BCUT2D eigenvalue weighted by Gasteiger charge is 2.26. The van der Waals surface area contributed by atoms with Crippen molar-refractivity contribution in [2.45, 2.75) is 32.0 Å². The second-order valence-electron chi connectivity index (χ2n) is 6.53. The molecule has 0 saturated carbocycles. The molecule has 1 aromatic carbocycles. The van der Waals surface area contributed by atoms with Gasteiger partial charge in [0.2, 0.25) is 5.91 Å². The molecule has 1 aromatic heterocycles. The number of carbonyl (C=O) groups excluding carboxylic acids is 1. The minimum Gasteiger partial charge on any atom is -0.391 e. The molecule has 0 bridgehead atoms. The zero-order valence-electron chi connectivity index (χ0n) is 14.4. The lowest BCUT2D eigenvalue weighted by Crippen LogP contribution is -2.32. The van der Waals surface area contributed by atoms with E-state index in [-0.39, 0.29) is 11.8 Å². The third-order valence-corrected chi connectivity index (χ3v) is 5.51. The van der Waals surface area contributed by atoms with Crippen molar-refractivity contribution < 1.29 is 9.90 Å². The summed E-state index contributed by atoms with van der Waals surface area (Å²) in [6.07, 6.45) is 2.83. The lowest BCUT2D eigenvalue weighted by Gasteiger charge is -2.19. The van der Waals surface area contributed by atoms with Crippen LogP contribution in [0.3, 0.4) is 0 Å². The second kappa shape index (κ2) is 8.49. The molecule has 1 unspecified atom stereocenters. The molecule has 25 heavy (non-hydrogen) atoms. The van der Waals surface area contributed by atoms with Crippen molar-refractivity contribution in [3.8, 4) is 0 Å². The smallest absolute Gasteiger partial charge is 0.226 e. The van der Waals surface area contributed by atoms with Gasteiger partial charge in [-0.3, -0.25) is 4.79 Å². The molecule has 134 valence electrons. The first kappa shape index (κ1) is 17.9. The van der Waals surface area contributed by atoms with E-state index in [0.717, 1.165) is 29.2 Å². The van der Waals surface area contributed by atoms with Gasteiger partial charge in [-0.05, 0) is 17.7 Å². The highest BCUT2D eigenvalue weighted by atomic mass is 32.2. The summed E-state index contributed by atoms with van der Waals surface area (Å²) in [5.41, 5.74) is 1.84. The summed E-state index contributed by atoms with van der Waals surface area (Å²) < 4.78 is 1.65. The van der Waals surface area contributed by atoms with Crippen molar-refractivity contribution in [3.05, 3.63) is 47.8 Å². The molecule has 2 heterocycles. The summed E-state index contributed by atoms with van der Waals surface area (Å²) in [6, 6.07) is 9.88. The van der Waals surface area contributed by atoms with E-state index in [4.69, 9.17) is 0 Å². The van der Waals surface area contributed by atoms with E-state index in [1.807, 2.05) is 49.1 Å². The topological polar surface area (TPSA) is 71.2 Å². The third-order valence-electron chi connectivity index (χ3n) is 4.35. The number of rotatable bonds is 7. The fraction of sp³-hybridized carbons (Fsp3) is 0.500. The number of carbonyl (C=O) groups is 1. The second-order valence-corrected chi connectivity index (χ2v) is 7.68. The molecule has 7 heteroatoms. The summed E-state index contributed by atoms with van der Waals surface area (Å²) >= 11 is 1.84. The Morgan fingerprint density at radius 2 is 2.24 bits per heavy atom. The Kier molecular flexibility index (Phi) is 6.09. The van der Waals surface area contributed by atoms with Crippen LogP contribution in [0.25, 0.3) is 0 Å². The number of hydrogen-bond acceptors (Lipinski definition) is 5. The van der Waals surface area contributed by atoms with Crippen LogP contribution in [0.2, 0.25) is 0 Å². The van der Waals surface area contributed by atoms with Crippen LogP contribution in [-0.2, 0) is 24.3 Å². The number of benzene rings is 1. The van der Waals surface area contributed by atoms with Gasteiger partial charge in [-0.1, -0.05) is 35.5 Å². The van der Waals surface area contributed by atoms with Crippen molar-refractivity contribution >= 4 is 17.7 Å². The van der Waals surface area contributed by atoms with E-state index in [0.29, 0.717) is 19.5 Å². The molecule has 6 nitrogen and oxygen atoms in total. The van der Waals surface area contributed by atoms with Crippen LogP contribution in [0, 0.1) is 5.92 Å². The first-order chi connectivity index (χ1) is 12.1. The van der Waals surface area contributed by atoms with Gasteiger partial charge in [0.25, 0.3) is 0 Å². The van der Waals surface area contributed by atoms with E-state index in [1.54, 1.807) is 15.8 Å². The summed E-state index contributed by atoms with van der Waals surface area (Å²) in [4.78, 5) is 14.1. The lowest BCUT2D eigenvalue weighted by molar-refractivity contribution is -0.133. The molecule has 1 saturated heterocycles. The maximum Gasteiger partial charge on any atom is 0.226 e. The molecule has 2 atom stereocenters. The van der Waals surface area contributed by atoms with Gasteiger partial charge in [-0.15, -0.1) is 5.10 Å². The van der Waals surface area contributed by atoms with Crippen LogP contribution in [-0.4, -0.2) is 55.6 Å². The van der Waals surface area contributed by atoms with Crippen LogP contribution in [0.5, 0.6) is 0 Å². The Balaban J connectivity index is 1.50. The molecular formula is C18H24N4O2S. The maximum atomic E-state index is 12.4. The van der Waals surface area contributed by atoms with E-state index >= 15 is 0 Å². The molecule has 0 spiro atoms. The number of aliphatic hydroxyl groups is 1. The molecule has 0 aliphatic carbocycles. The van der Waals surface area contributed by atoms with Crippen LogP contribution in [0.4, 0.5) is 0 Å². The van der Waals surface area contributed by atoms with Crippen molar-refractivity contribution in [3.63, 3.8) is 0 Å². The predicted molar refractivity (Wildman–Crippen MR) is 98.1 cm³/mol. The lowest BCUT2D eigenvalue weighted by atomic mass is 10.1. The first-order valence-electron chi connectivity index (χ1n) is 8.55. The van der Waals surface area contributed by atoms with E-state index < -0.39 is 6.10 Å². The molecule has 1 fully saturated rings. The summed E-state index contributed by atoms with van der Waals surface area (Å²) in [5, 5.41) is 18.4. The highest BCUT2D eigenvalue weighted by Crippen LogP contribution is 2.25. The molecule has 2 aromatic rings. The minimum absolute atomic E-state index is 0.137.